The highest BCUT2D eigenvalue weighted by atomic mass is 14.3. The molecule has 0 atom stereocenters. The van der Waals surface area contributed by atoms with Crippen LogP contribution in [0.25, 0.3) is 67.4 Å². The van der Waals surface area contributed by atoms with Crippen molar-refractivity contribution in [2.75, 3.05) is 0 Å². The average molecular weight is 416 g/mol. The van der Waals surface area contributed by atoms with Gasteiger partial charge in [-0.05, 0) is 66.4 Å². The first-order chi connectivity index (χ1) is 16.2. The maximum absolute atomic E-state index is 6.43. The van der Waals surface area contributed by atoms with E-state index in [1.807, 2.05) is 18.2 Å². The molecule has 5 aromatic rings. The fourth-order valence-corrected chi connectivity index (χ4v) is 5.41. The SMILES string of the molecule is [B]c1ccc2c3c(cccc13)-c1c(-c3ccccc3)c(C=C)c(C=C)c(-c3ccccc3)c1-2. The molecule has 0 spiro atoms. The van der Waals surface area contributed by atoms with Crippen molar-refractivity contribution in [2.45, 2.75) is 0 Å². The predicted molar refractivity (Wildman–Crippen MR) is 145 cm³/mol. The largest absolute Gasteiger partial charge is 0.114 e. The van der Waals surface area contributed by atoms with Gasteiger partial charge in [0.25, 0.3) is 0 Å². The monoisotopic (exact) mass is 416 g/mol. The zero-order valence-corrected chi connectivity index (χ0v) is 18.3. The third-order valence-electron chi connectivity index (χ3n) is 6.73. The van der Waals surface area contributed by atoms with Gasteiger partial charge < -0.3 is 0 Å². The fourth-order valence-electron chi connectivity index (χ4n) is 5.41. The minimum absolute atomic E-state index is 0.804. The minimum atomic E-state index is 0.804. The van der Waals surface area contributed by atoms with Crippen LogP contribution in [0.5, 0.6) is 0 Å². The smallest absolute Gasteiger partial charge is 0.0984 e. The summed E-state index contributed by atoms with van der Waals surface area (Å²) in [5, 5.41) is 2.32. The Morgan fingerprint density at radius 1 is 0.515 bits per heavy atom. The van der Waals surface area contributed by atoms with Crippen molar-refractivity contribution in [3.8, 4) is 44.5 Å². The Hall–Kier alpha value is -4.10. The van der Waals surface area contributed by atoms with Crippen LogP contribution in [0.2, 0.25) is 0 Å². The van der Waals surface area contributed by atoms with E-state index >= 15 is 0 Å². The van der Waals surface area contributed by atoms with E-state index in [1.54, 1.807) is 0 Å². The molecule has 33 heavy (non-hydrogen) atoms. The van der Waals surface area contributed by atoms with Gasteiger partial charge in [0.2, 0.25) is 0 Å². The predicted octanol–water partition coefficient (Wildman–Crippen LogP) is 7.90. The van der Waals surface area contributed by atoms with Crippen molar-refractivity contribution < 1.29 is 0 Å². The maximum atomic E-state index is 6.43. The Balaban J connectivity index is 1.90. The molecule has 0 saturated heterocycles. The first-order valence-corrected chi connectivity index (χ1v) is 11.2. The highest BCUT2D eigenvalue weighted by molar-refractivity contribution is 6.41. The molecule has 0 aliphatic heterocycles. The molecule has 0 amide bonds. The van der Waals surface area contributed by atoms with Crippen molar-refractivity contribution in [2.24, 2.45) is 0 Å². The minimum Gasteiger partial charge on any atom is -0.0984 e. The Kier molecular flexibility index (Phi) is 4.45. The molecule has 2 radical (unpaired) electrons. The zero-order chi connectivity index (χ0) is 22.5. The third-order valence-corrected chi connectivity index (χ3v) is 6.73. The summed E-state index contributed by atoms with van der Waals surface area (Å²) < 4.78 is 0. The normalized spacial score (nSPS) is 11.4. The summed E-state index contributed by atoms with van der Waals surface area (Å²) in [5.74, 6) is 0. The molecule has 0 N–H and O–H groups in total. The summed E-state index contributed by atoms with van der Waals surface area (Å²) in [6, 6.07) is 31.8. The summed E-state index contributed by atoms with van der Waals surface area (Å²) in [6.07, 6.45) is 3.95. The lowest BCUT2D eigenvalue weighted by Gasteiger charge is -2.22. The summed E-state index contributed by atoms with van der Waals surface area (Å²) in [5.41, 5.74) is 12.7. The molecule has 1 aliphatic rings. The summed E-state index contributed by atoms with van der Waals surface area (Å²) in [6.45, 7) is 8.46. The van der Waals surface area contributed by atoms with Crippen LogP contribution >= 0.6 is 0 Å². The van der Waals surface area contributed by atoms with E-state index in [1.165, 1.54) is 49.9 Å². The molecule has 1 aliphatic carbocycles. The van der Waals surface area contributed by atoms with E-state index < -0.39 is 0 Å². The van der Waals surface area contributed by atoms with Crippen molar-refractivity contribution in [3.05, 3.63) is 115 Å². The Morgan fingerprint density at radius 2 is 1.03 bits per heavy atom. The average Bonchev–Trinajstić information content (AvgIpc) is 3.20. The highest BCUT2D eigenvalue weighted by Crippen LogP contribution is 2.57. The lowest BCUT2D eigenvalue weighted by atomic mass is 9.80. The van der Waals surface area contributed by atoms with Crippen LogP contribution in [-0.2, 0) is 0 Å². The van der Waals surface area contributed by atoms with E-state index in [0.717, 1.165) is 22.0 Å². The molecule has 0 bridgehead atoms. The second-order valence-corrected chi connectivity index (χ2v) is 8.40. The van der Waals surface area contributed by atoms with E-state index in [0.29, 0.717) is 0 Å². The molecule has 1 heteroatoms. The van der Waals surface area contributed by atoms with Crippen LogP contribution in [0.15, 0.2) is 104 Å². The summed E-state index contributed by atoms with van der Waals surface area (Å²) in [4.78, 5) is 0. The van der Waals surface area contributed by atoms with Gasteiger partial charge in [-0.1, -0.05) is 122 Å². The van der Waals surface area contributed by atoms with E-state index in [-0.39, 0.29) is 0 Å². The van der Waals surface area contributed by atoms with Gasteiger partial charge in [-0.25, -0.2) is 0 Å². The number of rotatable bonds is 4. The van der Waals surface area contributed by atoms with E-state index in [2.05, 4.69) is 98.1 Å². The lowest BCUT2D eigenvalue weighted by Crippen LogP contribution is -2.03. The van der Waals surface area contributed by atoms with Crippen LogP contribution in [-0.4, -0.2) is 7.85 Å². The Labute approximate surface area is 196 Å². The topological polar surface area (TPSA) is 0 Å². The first-order valence-electron chi connectivity index (χ1n) is 11.2. The van der Waals surface area contributed by atoms with Crippen LogP contribution < -0.4 is 5.46 Å². The van der Waals surface area contributed by atoms with Crippen LogP contribution in [0.1, 0.15) is 11.1 Å². The summed E-state index contributed by atoms with van der Waals surface area (Å²) >= 11 is 0. The molecule has 152 valence electrons. The maximum Gasteiger partial charge on any atom is 0.114 e. The fraction of sp³-hybridized carbons (Fsp3) is 0. The number of hydrogen-bond donors (Lipinski definition) is 0. The van der Waals surface area contributed by atoms with E-state index in [9.17, 15) is 0 Å². The quantitative estimate of drug-likeness (QED) is 0.256. The number of fused-ring (bicyclic) bond motifs is 3. The Morgan fingerprint density at radius 3 is 1.55 bits per heavy atom. The van der Waals surface area contributed by atoms with Gasteiger partial charge in [0.15, 0.2) is 0 Å². The second kappa shape index (κ2) is 7.50. The molecule has 0 saturated carbocycles. The third kappa shape index (κ3) is 2.72. The van der Waals surface area contributed by atoms with Gasteiger partial charge >= 0.3 is 0 Å². The van der Waals surface area contributed by atoms with Crippen molar-refractivity contribution >= 4 is 36.2 Å². The Bertz CT molecular complexity index is 1490. The standard InChI is InChI=1S/C32H21B/c1-3-22-23(4-2)29(21-14-9-6-10-15-21)32-26-18-19-27(33)24-16-11-17-25(30(24)26)31(32)28(22)20-12-7-5-8-13-20/h3-19H,1-2H2. The van der Waals surface area contributed by atoms with E-state index in [4.69, 9.17) is 7.85 Å². The van der Waals surface area contributed by atoms with Crippen LogP contribution in [0.3, 0.4) is 0 Å². The van der Waals surface area contributed by atoms with Gasteiger partial charge in [0.05, 0.1) is 0 Å². The zero-order valence-electron chi connectivity index (χ0n) is 18.3. The van der Waals surface area contributed by atoms with Gasteiger partial charge in [-0.15, -0.1) is 0 Å². The van der Waals surface area contributed by atoms with Crippen LogP contribution in [0.4, 0.5) is 0 Å². The molecule has 0 unspecified atom stereocenters. The van der Waals surface area contributed by atoms with Crippen LogP contribution in [0, 0.1) is 0 Å². The molecule has 0 nitrogen and oxygen atoms in total. The molecule has 5 aromatic carbocycles. The molecule has 0 heterocycles. The van der Waals surface area contributed by atoms with Gasteiger partial charge in [0, 0.05) is 0 Å². The summed E-state index contributed by atoms with van der Waals surface area (Å²) in [7, 11) is 6.43. The number of benzene rings is 5. The molecular formula is C32H21B. The van der Waals surface area contributed by atoms with Gasteiger partial charge in [-0.3, -0.25) is 0 Å². The molecule has 6 rings (SSSR count). The van der Waals surface area contributed by atoms with Gasteiger partial charge in [-0.2, -0.15) is 0 Å². The first kappa shape index (κ1) is 19.6. The second-order valence-electron chi connectivity index (χ2n) is 8.40. The molecule has 0 aromatic heterocycles. The van der Waals surface area contributed by atoms with Crippen molar-refractivity contribution in [3.63, 3.8) is 0 Å². The van der Waals surface area contributed by atoms with Gasteiger partial charge in [0.1, 0.15) is 7.85 Å². The van der Waals surface area contributed by atoms with Crippen molar-refractivity contribution in [1.29, 1.82) is 0 Å². The van der Waals surface area contributed by atoms with Crippen molar-refractivity contribution in [1.82, 2.24) is 0 Å². The number of hydrogen-bond acceptors (Lipinski definition) is 0. The lowest BCUT2D eigenvalue weighted by molar-refractivity contribution is 1.54. The molecular weight excluding hydrogens is 395 g/mol. The highest BCUT2D eigenvalue weighted by Gasteiger charge is 2.31. The molecule has 0 fully saturated rings.